The topological polar surface area (TPSA) is 44.8 Å². The van der Waals surface area contributed by atoms with Gasteiger partial charge in [0.15, 0.2) is 17.3 Å². The number of fused-ring (bicyclic) bond motifs is 1. The lowest BCUT2D eigenvalue weighted by molar-refractivity contribution is -0.0501. The first-order chi connectivity index (χ1) is 12.5. The predicted octanol–water partition coefficient (Wildman–Crippen LogP) is 4.73. The van der Waals surface area contributed by atoms with Gasteiger partial charge in [0, 0.05) is 11.3 Å². The zero-order chi connectivity index (χ0) is 18.5. The van der Waals surface area contributed by atoms with Crippen molar-refractivity contribution in [1.29, 1.82) is 0 Å². The van der Waals surface area contributed by atoms with Crippen LogP contribution in [-0.2, 0) is 0 Å². The molecule has 0 unspecified atom stereocenters. The highest BCUT2D eigenvalue weighted by Gasteiger charge is 2.17. The third kappa shape index (κ3) is 4.66. The monoisotopic (exact) mass is 380 g/mol. The molecule has 0 radical (unpaired) electrons. The number of carbonyl (C=O) groups is 1. The molecule has 1 heterocycles. The first-order valence-electron chi connectivity index (χ1n) is 8.14. The number of alkyl halides is 2. The lowest BCUT2D eigenvalue weighted by Gasteiger charge is -2.11. The molecule has 0 N–H and O–H groups in total. The molecule has 0 amide bonds. The molecule has 0 saturated carbocycles. The minimum Gasteiger partial charge on any atom is -0.490 e. The Morgan fingerprint density at radius 3 is 2.69 bits per heavy atom. The largest absolute Gasteiger partial charge is 0.490 e. The van der Waals surface area contributed by atoms with Crippen LogP contribution in [0.2, 0.25) is 0 Å². The first kappa shape index (κ1) is 18.5. The summed E-state index contributed by atoms with van der Waals surface area (Å²) in [4.78, 5) is 13.4. The van der Waals surface area contributed by atoms with Crippen LogP contribution in [-0.4, -0.2) is 31.4 Å². The molecule has 26 heavy (non-hydrogen) atoms. The SMILES string of the molecule is Cc1ccc(OC(F)F)c(C(=O)CSc2ccc3c(c2)OCCCO3)c1. The smallest absolute Gasteiger partial charge is 0.387 e. The van der Waals surface area contributed by atoms with Gasteiger partial charge in [-0.1, -0.05) is 11.6 Å². The van der Waals surface area contributed by atoms with Crippen LogP contribution < -0.4 is 14.2 Å². The molecular weight excluding hydrogens is 362 g/mol. The summed E-state index contributed by atoms with van der Waals surface area (Å²) in [6.45, 7) is 0.00846. The summed E-state index contributed by atoms with van der Waals surface area (Å²) in [5.41, 5.74) is 0.961. The van der Waals surface area contributed by atoms with Crippen LogP contribution in [0.3, 0.4) is 0 Å². The maximum atomic E-state index is 12.5. The van der Waals surface area contributed by atoms with Gasteiger partial charge in [0.2, 0.25) is 0 Å². The second-order valence-corrected chi connectivity index (χ2v) is 6.80. The van der Waals surface area contributed by atoms with Crippen LogP contribution in [0.15, 0.2) is 41.3 Å². The van der Waals surface area contributed by atoms with Crippen molar-refractivity contribution < 1.29 is 27.8 Å². The van der Waals surface area contributed by atoms with Gasteiger partial charge in [0.05, 0.1) is 24.5 Å². The Kier molecular flexibility index (Phi) is 5.98. The normalized spacial score (nSPS) is 13.4. The lowest BCUT2D eigenvalue weighted by Crippen LogP contribution is -2.10. The van der Waals surface area contributed by atoms with Crippen molar-refractivity contribution in [2.24, 2.45) is 0 Å². The molecule has 4 nitrogen and oxygen atoms in total. The number of halogens is 2. The molecule has 2 aromatic carbocycles. The van der Waals surface area contributed by atoms with Gasteiger partial charge in [-0.15, -0.1) is 11.8 Å². The van der Waals surface area contributed by atoms with Crippen LogP contribution in [0.4, 0.5) is 8.78 Å². The summed E-state index contributed by atoms with van der Waals surface area (Å²) in [6, 6.07) is 10.1. The van der Waals surface area contributed by atoms with Crippen molar-refractivity contribution in [2.75, 3.05) is 19.0 Å². The first-order valence-corrected chi connectivity index (χ1v) is 9.12. The van der Waals surface area contributed by atoms with Crippen molar-refractivity contribution in [1.82, 2.24) is 0 Å². The Morgan fingerprint density at radius 2 is 1.92 bits per heavy atom. The van der Waals surface area contributed by atoms with E-state index in [4.69, 9.17) is 9.47 Å². The molecule has 0 aromatic heterocycles. The van der Waals surface area contributed by atoms with E-state index in [9.17, 15) is 13.6 Å². The van der Waals surface area contributed by atoms with E-state index in [-0.39, 0.29) is 22.8 Å². The molecule has 2 aromatic rings. The summed E-state index contributed by atoms with van der Waals surface area (Å²) in [5, 5.41) is 0. The molecule has 138 valence electrons. The summed E-state index contributed by atoms with van der Waals surface area (Å²) >= 11 is 1.31. The minimum absolute atomic E-state index is 0.0999. The van der Waals surface area contributed by atoms with Crippen LogP contribution >= 0.6 is 11.8 Å². The molecule has 7 heteroatoms. The summed E-state index contributed by atoms with van der Waals surface area (Å²) in [5.74, 6) is 1.06. The van der Waals surface area contributed by atoms with Crippen LogP contribution in [0.25, 0.3) is 0 Å². The van der Waals surface area contributed by atoms with Crippen molar-refractivity contribution in [3.63, 3.8) is 0 Å². The molecule has 1 aliphatic heterocycles. The molecular formula is C19H18F2O4S. The molecule has 3 rings (SSSR count). The zero-order valence-electron chi connectivity index (χ0n) is 14.2. The molecule has 1 aliphatic rings. The van der Waals surface area contributed by atoms with Crippen LogP contribution in [0.5, 0.6) is 17.2 Å². The third-order valence-electron chi connectivity index (χ3n) is 3.74. The predicted molar refractivity (Wildman–Crippen MR) is 94.9 cm³/mol. The van der Waals surface area contributed by atoms with Gasteiger partial charge in [0.1, 0.15) is 5.75 Å². The number of ether oxygens (including phenoxy) is 3. The van der Waals surface area contributed by atoms with Crippen molar-refractivity contribution in [3.05, 3.63) is 47.5 Å². The molecule has 0 aliphatic carbocycles. The number of hydrogen-bond acceptors (Lipinski definition) is 5. The summed E-state index contributed by atoms with van der Waals surface area (Å²) in [7, 11) is 0. The highest BCUT2D eigenvalue weighted by molar-refractivity contribution is 8.00. The Balaban J connectivity index is 1.71. The fraction of sp³-hybridized carbons (Fsp3) is 0.316. The van der Waals surface area contributed by atoms with E-state index in [1.165, 1.54) is 17.8 Å². The second kappa shape index (κ2) is 8.40. The van der Waals surface area contributed by atoms with Gasteiger partial charge in [-0.05, 0) is 37.3 Å². The average Bonchev–Trinajstić information content (AvgIpc) is 2.85. The highest BCUT2D eigenvalue weighted by Crippen LogP contribution is 2.34. The van der Waals surface area contributed by atoms with Crippen molar-refractivity contribution in [3.8, 4) is 17.2 Å². The van der Waals surface area contributed by atoms with Gasteiger partial charge in [-0.25, -0.2) is 0 Å². The van der Waals surface area contributed by atoms with Crippen LogP contribution in [0, 0.1) is 6.92 Å². The molecule has 0 atom stereocenters. The number of thioether (sulfide) groups is 1. The fourth-order valence-electron chi connectivity index (χ4n) is 2.52. The standard InChI is InChI=1S/C19H18F2O4S/c1-12-3-5-16(25-19(20)21)14(9-12)15(22)11-26-13-4-6-17-18(10-13)24-8-2-7-23-17/h3-6,9-10,19H,2,7-8,11H2,1H3. The van der Waals surface area contributed by atoms with E-state index >= 15 is 0 Å². The minimum atomic E-state index is -2.97. The third-order valence-corrected chi connectivity index (χ3v) is 4.73. The van der Waals surface area contributed by atoms with Crippen LogP contribution in [0.1, 0.15) is 22.3 Å². The van der Waals surface area contributed by atoms with Gasteiger partial charge in [-0.3, -0.25) is 4.79 Å². The number of aryl methyl sites for hydroxylation is 1. The second-order valence-electron chi connectivity index (χ2n) is 5.75. The van der Waals surface area contributed by atoms with E-state index < -0.39 is 6.61 Å². The molecule has 0 saturated heterocycles. The van der Waals surface area contributed by atoms with E-state index in [2.05, 4.69) is 4.74 Å². The number of benzene rings is 2. The molecule has 0 spiro atoms. The summed E-state index contributed by atoms with van der Waals surface area (Å²) in [6.07, 6.45) is 0.815. The van der Waals surface area contributed by atoms with E-state index in [0.717, 1.165) is 16.9 Å². The van der Waals surface area contributed by atoms with E-state index in [1.807, 2.05) is 18.2 Å². The lowest BCUT2D eigenvalue weighted by atomic mass is 10.1. The Hall–Kier alpha value is -2.28. The molecule has 0 fully saturated rings. The summed E-state index contributed by atoms with van der Waals surface area (Å²) < 4.78 is 40.8. The van der Waals surface area contributed by atoms with Gasteiger partial charge in [-0.2, -0.15) is 8.78 Å². The Morgan fingerprint density at radius 1 is 1.15 bits per heavy atom. The average molecular weight is 380 g/mol. The Labute approximate surface area is 154 Å². The zero-order valence-corrected chi connectivity index (χ0v) is 15.0. The number of ketones is 1. The number of hydrogen-bond donors (Lipinski definition) is 0. The molecule has 0 bridgehead atoms. The maximum absolute atomic E-state index is 12.5. The number of carbonyl (C=O) groups excluding carboxylic acids is 1. The van der Waals surface area contributed by atoms with Gasteiger partial charge < -0.3 is 14.2 Å². The van der Waals surface area contributed by atoms with Gasteiger partial charge >= 0.3 is 6.61 Å². The fourth-order valence-corrected chi connectivity index (χ4v) is 3.33. The van der Waals surface area contributed by atoms with Gasteiger partial charge in [0.25, 0.3) is 0 Å². The van der Waals surface area contributed by atoms with E-state index in [0.29, 0.717) is 24.7 Å². The van der Waals surface area contributed by atoms with Crippen molar-refractivity contribution in [2.45, 2.75) is 24.9 Å². The Bertz CT molecular complexity index is 795. The highest BCUT2D eigenvalue weighted by atomic mass is 32.2. The number of Topliss-reactive ketones (excluding diaryl/α,β-unsaturated/α-hetero) is 1. The number of rotatable bonds is 6. The van der Waals surface area contributed by atoms with Crippen molar-refractivity contribution >= 4 is 17.5 Å². The quantitative estimate of drug-likeness (QED) is 0.535. The maximum Gasteiger partial charge on any atom is 0.387 e. The van der Waals surface area contributed by atoms with E-state index in [1.54, 1.807) is 19.1 Å².